The minimum absolute atomic E-state index is 0.0249. The fourth-order valence-corrected chi connectivity index (χ4v) is 2.46. The summed E-state index contributed by atoms with van der Waals surface area (Å²) in [6, 6.07) is -4.43. The van der Waals surface area contributed by atoms with Crippen LogP contribution in [0.2, 0.25) is 0 Å². The number of amides is 4. The van der Waals surface area contributed by atoms with Crippen molar-refractivity contribution in [3.63, 3.8) is 0 Å². The van der Waals surface area contributed by atoms with Crippen LogP contribution < -0.4 is 27.4 Å². The molecule has 4 unspecified atom stereocenters. The Hall–Kier alpha value is -2.69. The van der Waals surface area contributed by atoms with E-state index in [1.54, 1.807) is 13.8 Å². The third kappa shape index (κ3) is 9.88. The van der Waals surface area contributed by atoms with E-state index in [4.69, 9.17) is 11.5 Å². The Balaban J connectivity index is 5.37. The second-order valence-electron chi connectivity index (χ2n) is 7.78. The summed E-state index contributed by atoms with van der Waals surface area (Å²) in [6.45, 7) is 8.36. The number of carbonyl (C=O) groups excluding carboxylic acids is 4. The monoisotopic (exact) mass is 415 g/mol. The number of hydrogen-bond acceptors (Lipinski definition) is 6. The van der Waals surface area contributed by atoms with Crippen LogP contribution in [0.25, 0.3) is 0 Å². The Morgan fingerprint density at radius 1 is 0.828 bits per heavy atom. The van der Waals surface area contributed by atoms with Crippen molar-refractivity contribution in [3.8, 4) is 0 Å². The first-order valence-corrected chi connectivity index (χ1v) is 9.44. The maximum atomic E-state index is 12.6. The number of carbonyl (C=O) groups is 5. The highest BCUT2D eigenvalue weighted by atomic mass is 16.4. The highest BCUT2D eigenvalue weighted by Crippen LogP contribution is 2.08. The molecule has 11 heteroatoms. The number of carboxylic acids is 1. The van der Waals surface area contributed by atoms with Gasteiger partial charge in [-0.1, -0.05) is 27.7 Å². The van der Waals surface area contributed by atoms with Crippen molar-refractivity contribution >= 4 is 29.6 Å². The Morgan fingerprint density at radius 2 is 1.34 bits per heavy atom. The van der Waals surface area contributed by atoms with Gasteiger partial charge in [-0.2, -0.15) is 0 Å². The fraction of sp³-hybridized carbons (Fsp3) is 0.722. The molecule has 166 valence electrons. The quantitative estimate of drug-likeness (QED) is 0.222. The van der Waals surface area contributed by atoms with Crippen LogP contribution in [-0.2, 0) is 24.0 Å². The van der Waals surface area contributed by atoms with Crippen LogP contribution >= 0.6 is 0 Å². The summed E-state index contributed by atoms with van der Waals surface area (Å²) >= 11 is 0. The minimum Gasteiger partial charge on any atom is -0.480 e. The first kappa shape index (κ1) is 26.3. The van der Waals surface area contributed by atoms with Gasteiger partial charge in [-0.15, -0.1) is 0 Å². The van der Waals surface area contributed by atoms with Gasteiger partial charge in [0.15, 0.2) is 0 Å². The van der Waals surface area contributed by atoms with Crippen molar-refractivity contribution in [3.05, 3.63) is 0 Å². The van der Waals surface area contributed by atoms with E-state index in [2.05, 4.69) is 16.0 Å². The maximum Gasteiger partial charge on any atom is 0.326 e. The molecule has 0 heterocycles. The zero-order chi connectivity index (χ0) is 22.9. The highest BCUT2D eigenvalue weighted by Gasteiger charge is 2.32. The molecule has 0 rings (SSSR count). The molecule has 0 aliphatic heterocycles. The van der Waals surface area contributed by atoms with E-state index in [1.807, 2.05) is 13.8 Å². The van der Waals surface area contributed by atoms with E-state index in [-0.39, 0.29) is 12.3 Å². The standard InChI is InChI=1S/C18H33N5O6/c1-8(2)6-12(18(28)29)22-17(27)14(9(3)4)23-16(26)11(7-13(20)24)21-15(25)10(5)19/h8-12,14H,6-7,19H2,1-5H3,(H2,20,24)(H,21,25)(H,22,27)(H,23,26)(H,28,29). The van der Waals surface area contributed by atoms with Gasteiger partial charge in [0.1, 0.15) is 18.1 Å². The SMILES string of the molecule is CC(C)CC(NC(=O)C(NC(=O)C(CC(N)=O)NC(=O)C(C)N)C(C)C)C(=O)O. The number of rotatable bonds is 12. The second-order valence-corrected chi connectivity index (χ2v) is 7.78. The molecule has 0 aliphatic carbocycles. The molecule has 11 nitrogen and oxygen atoms in total. The number of aliphatic carboxylic acids is 1. The summed E-state index contributed by atoms with van der Waals surface area (Å²) in [7, 11) is 0. The number of hydrogen-bond donors (Lipinski definition) is 6. The van der Waals surface area contributed by atoms with Crippen LogP contribution in [0.4, 0.5) is 0 Å². The summed E-state index contributed by atoms with van der Waals surface area (Å²) < 4.78 is 0. The van der Waals surface area contributed by atoms with Crippen molar-refractivity contribution in [2.75, 3.05) is 0 Å². The van der Waals surface area contributed by atoms with Crippen molar-refractivity contribution < 1.29 is 29.1 Å². The smallest absolute Gasteiger partial charge is 0.326 e. The van der Waals surface area contributed by atoms with Gasteiger partial charge in [-0.3, -0.25) is 19.2 Å². The lowest BCUT2D eigenvalue weighted by molar-refractivity contribution is -0.143. The number of nitrogens with one attached hydrogen (secondary N) is 3. The van der Waals surface area contributed by atoms with Crippen molar-refractivity contribution in [1.82, 2.24) is 16.0 Å². The first-order chi connectivity index (χ1) is 13.3. The molecule has 0 radical (unpaired) electrons. The van der Waals surface area contributed by atoms with E-state index in [9.17, 15) is 29.1 Å². The number of nitrogens with two attached hydrogens (primary N) is 2. The third-order valence-corrected chi connectivity index (χ3v) is 4.02. The molecule has 0 saturated carbocycles. The average Bonchev–Trinajstić information content (AvgIpc) is 2.56. The third-order valence-electron chi connectivity index (χ3n) is 4.02. The Morgan fingerprint density at radius 3 is 1.72 bits per heavy atom. The van der Waals surface area contributed by atoms with Gasteiger partial charge in [0.2, 0.25) is 23.6 Å². The summed E-state index contributed by atoms with van der Waals surface area (Å²) in [5, 5.41) is 16.5. The van der Waals surface area contributed by atoms with Gasteiger partial charge in [0, 0.05) is 0 Å². The molecule has 4 atom stereocenters. The van der Waals surface area contributed by atoms with Gasteiger partial charge in [-0.25, -0.2) is 4.79 Å². The molecule has 0 fully saturated rings. The van der Waals surface area contributed by atoms with Crippen LogP contribution in [0.1, 0.15) is 47.5 Å². The van der Waals surface area contributed by atoms with Crippen molar-refractivity contribution in [1.29, 1.82) is 0 Å². The molecule has 29 heavy (non-hydrogen) atoms. The topological polar surface area (TPSA) is 194 Å². The first-order valence-electron chi connectivity index (χ1n) is 9.44. The number of carboxylic acid groups (broad SMARTS) is 1. The summed E-state index contributed by atoms with van der Waals surface area (Å²) in [5.41, 5.74) is 10.6. The molecule has 0 aromatic carbocycles. The van der Waals surface area contributed by atoms with E-state index < -0.39 is 66.1 Å². The summed E-state index contributed by atoms with van der Waals surface area (Å²) in [4.78, 5) is 59.6. The van der Waals surface area contributed by atoms with Crippen molar-refractivity contribution in [2.24, 2.45) is 23.3 Å². The Bertz CT molecular complexity index is 620. The number of primary amides is 1. The molecule has 0 aliphatic rings. The molecule has 0 saturated heterocycles. The molecule has 0 aromatic heterocycles. The summed E-state index contributed by atoms with van der Waals surface area (Å²) in [5.74, 6) is -4.54. The molecular formula is C18H33N5O6. The molecule has 4 amide bonds. The van der Waals surface area contributed by atoms with E-state index >= 15 is 0 Å². The van der Waals surface area contributed by atoms with Gasteiger partial charge >= 0.3 is 5.97 Å². The van der Waals surface area contributed by atoms with Crippen molar-refractivity contribution in [2.45, 2.75) is 71.6 Å². The van der Waals surface area contributed by atoms with Crippen LogP contribution in [-0.4, -0.2) is 58.9 Å². The van der Waals surface area contributed by atoms with Gasteiger partial charge < -0.3 is 32.5 Å². The lowest BCUT2D eigenvalue weighted by atomic mass is 10.00. The van der Waals surface area contributed by atoms with Gasteiger partial charge in [0.25, 0.3) is 0 Å². The van der Waals surface area contributed by atoms with E-state index in [1.165, 1.54) is 6.92 Å². The molecular weight excluding hydrogens is 382 g/mol. The fourth-order valence-electron chi connectivity index (χ4n) is 2.46. The highest BCUT2D eigenvalue weighted by molar-refractivity contribution is 5.96. The van der Waals surface area contributed by atoms with Crippen LogP contribution in [0.3, 0.4) is 0 Å². The average molecular weight is 415 g/mol. The predicted molar refractivity (Wildman–Crippen MR) is 105 cm³/mol. The van der Waals surface area contributed by atoms with Crippen LogP contribution in [0.5, 0.6) is 0 Å². The van der Waals surface area contributed by atoms with E-state index in [0.717, 1.165) is 0 Å². The summed E-state index contributed by atoms with van der Waals surface area (Å²) in [6.07, 6.45) is -0.267. The largest absolute Gasteiger partial charge is 0.480 e. The van der Waals surface area contributed by atoms with E-state index in [0.29, 0.717) is 0 Å². The lowest BCUT2D eigenvalue weighted by Crippen LogP contribution is -2.58. The minimum atomic E-state index is -1.31. The lowest BCUT2D eigenvalue weighted by Gasteiger charge is -2.27. The van der Waals surface area contributed by atoms with Crippen LogP contribution in [0, 0.1) is 11.8 Å². The molecule has 8 N–H and O–H groups in total. The Labute approximate surface area is 170 Å². The molecule has 0 aromatic rings. The Kier molecular flexibility index (Phi) is 10.9. The zero-order valence-corrected chi connectivity index (χ0v) is 17.5. The zero-order valence-electron chi connectivity index (χ0n) is 17.5. The predicted octanol–water partition coefficient (Wildman–Crippen LogP) is -1.55. The molecule has 0 bridgehead atoms. The maximum absolute atomic E-state index is 12.6. The van der Waals surface area contributed by atoms with Gasteiger partial charge in [0.05, 0.1) is 12.5 Å². The van der Waals surface area contributed by atoms with Gasteiger partial charge in [-0.05, 0) is 25.2 Å². The molecule has 0 spiro atoms. The second kappa shape index (κ2) is 12.0. The normalized spacial score (nSPS) is 15.2. The van der Waals surface area contributed by atoms with Crippen LogP contribution in [0.15, 0.2) is 0 Å².